The third-order valence-corrected chi connectivity index (χ3v) is 7.57. The van der Waals surface area contributed by atoms with Crippen LogP contribution in [0.2, 0.25) is 5.02 Å². The van der Waals surface area contributed by atoms with Crippen molar-refractivity contribution >= 4 is 51.9 Å². The second-order valence-corrected chi connectivity index (χ2v) is 9.93. The van der Waals surface area contributed by atoms with Gasteiger partial charge in [0.1, 0.15) is 18.9 Å². The average molecular weight is 582 g/mol. The molecule has 1 spiro atoms. The Bertz CT molecular complexity index is 1560. The Hall–Kier alpha value is -4.20. The largest absolute Gasteiger partial charge is 0.476 e. The number of rotatable bonds is 5. The Kier molecular flexibility index (Phi) is 6.68. The van der Waals surface area contributed by atoms with Crippen molar-refractivity contribution in [2.24, 2.45) is 0 Å². The van der Waals surface area contributed by atoms with Gasteiger partial charge in [-0.25, -0.2) is 9.18 Å². The van der Waals surface area contributed by atoms with Gasteiger partial charge in [-0.1, -0.05) is 11.6 Å². The van der Waals surface area contributed by atoms with E-state index >= 15 is 0 Å². The zero-order valence-corrected chi connectivity index (χ0v) is 21.2. The van der Waals surface area contributed by atoms with E-state index in [9.17, 15) is 41.8 Å². The molecule has 3 amide bonds. The summed E-state index contributed by atoms with van der Waals surface area (Å²) in [6, 6.07) is 6.68. The van der Waals surface area contributed by atoms with Crippen LogP contribution in [0.25, 0.3) is 10.9 Å². The lowest BCUT2D eigenvalue weighted by Gasteiger charge is -2.38. The molecule has 3 aromatic rings. The number of halogens is 5. The fourth-order valence-corrected chi connectivity index (χ4v) is 5.64. The molecule has 210 valence electrons. The number of alkyl halides is 3. The average Bonchev–Trinajstić information content (AvgIpc) is 3.43. The number of aromatic carboxylic acids is 1. The molecule has 10 nitrogen and oxygen atoms in total. The van der Waals surface area contributed by atoms with Gasteiger partial charge in [0, 0.05) is 29.6 Å². The molecule has 0 atom stereocenters. The molecule has 3 heterocycles. The van der Waals surface area contributed by atoms with Crippen LogP contribution in [0.1, 0.15) is 39.3 Å². The molecule has 0 bridgehead atoms. The lowest BCUT2D eigenvalue weighted by Crippen LogP contribution is -2.51. The number of piperidine rings is 1. The van der Waals surface area contributed by atoms with Gasteiger partial charge in [0.2, 0.25) is 11.8 Å². The van der Waals surface area contributed by atoms with E-state index in [0.29, 0.717) is 5.52 Å². The van der Waals surface area contributed by atoms with Crippen molar-refractivity contribution in [1.82, 2.24) is 20.4 Å². The summed E-state index contributed by atoms with van der Waals surface area (Å²) in [7, 11) is 0. The smallest absolute Gasteiger partial charge is 0.405 e. The molecule has 1 fully saturated rings. The second kappa shape index (κ2) is 9.77. The lowest BCUT2D eigenvalue weighted by atomic mass is 9.73. The number of aromatic amines is 1. The lowest BCUT2D eigenvalue weighted by molar-refractivity contribution is -0.138. The normalized spacial score (nSPS) is 16.5. The number of amides is 3. The molecule has 3 N–H and O–H groups in total. The number of fused-ring (bicyclic) bond motifs is 3. The van der Waals surface area contributed by atoms with Crippen molar-refractivity contribution < 1.29 is 41.8 Å². The maximum absolute atomic E-state index is 14.5. The molecule has 2 aliphatic heterocycles. The summed E-state index contributed by atoms with van der Waals surface area (Å²) in [6.45, 7) is -2.25. The standard InChI is InChI=1S/C25H20ClF4N5O5/c26-19-14(27)2-4-16-18(19)24(23(40)35(16)10-17(36)31-11-25(28,29)30)5-7-34(8-6-24)21(37)12-1-3-15-13(9-12)20(22(38)39)33-32-15/h1-4,9H,5-8,10-11H2,(H,31,36)(H,32,33)(H,38,39). The number of hydrogen-bond donors (Lipinski definition) is 3. The highest BCUT2D eigenvalue weighted by Gasteiger charge is 2.54. The molecule has 0 radical (unpaired) electrons. The summed E-state index contributed by atoms with van der Waals surface area (Å²) >= 11 is 6.29. The van der Waals surface area contributed by atoms with Gasteiger partial charge in [-0.2, -0.15) is 18.3 Å². The van der Waals surface area contributed by atoms with Crippen LogP contribution in [0.15, 0.2) is 30.3 Å². The molecule has 5 rings (SSSR count). The number of hydrogen-bond acceptors (Lipinski definition) is 5. The minimum Gasteiger partial charge on any atom is -0.476 e. The van der Waals surface area contributed by atoms with E-state index in [0.717, 1.165) is 11.0 Å². The first-order valence-electron chi connectivity index (χ1n) is 12.0. The van der Waals surface area contributed by atoms with Crippen LogP contribution in [0, 0.1) is 5.82 Å². The fourth-order valence-electron chi connectivity index (χ4n) is 5.30. The summed E-state index contributed by atoms with van der Waals surface area (Å²) in [5.41, 5.74) is -0.786. The number of H-pyrrole nitrogens is 1. The summed E-state index contributed by atoms with van der Waals surface area (Å²) < 4.78 is 52.2. The highest BCUT2D eigenvalue weighted by molar-refractivity contribution is 6.33. The van der Waals surface area contributed by atoms with Gasteiger partial charge in [-0.3, -0.25) is 19.5 Å². The summed E-state index contributed by atoms with van der Waals surface area (Å²) in [6.07, 6.45) is -4.64. The minimum atomic E-state index is -4.65. The third-order valence-electron chi connectivity index (χ3n) is 7.20. The number of carbonyl (C=O) groups excluding carboxylic acids is 3. The molecular weight excluding hydrogens is 562 g/mol. The quantitative estimate of drug-likeness (QED) is 0.396. The van der Waals surface area contributed by atoms with Crippen LogP contribution in [0.3, 0.4) is 0 Å². The maximum atomic E-state index is 14.5. The number of nitrogens with one attached hydrogen (secondary N) is 2. The van der Waals surface area contributed by atoms with Crippen LogP contribution in [-0.2, 0) is 15.0 Å². The molecule has 0 aliphatic carbocycles. The van der Waals surface area contributed by atoms with Gasteiger partial charge < -0.3 is 20.2 Å². The molecule has 0 saturated carbocycles. The van der Waals surface area contributed by atoms with Crippen molar-refractivity contribution in [1.29, 1.82) is 0 Å². The van der Waals surface area contributed by atoms with Gasteiger partial charge in [0.15, 0.2) is 5.69 Å². The number of carbonyl (C=O) groups is 4. The second-order valence-electron chi connectivity index (χ2n) is 9.55. The molecule has 15 heteroatoms. The summed E-state index contributed by atoms with van der Waals surface area (Å²) in [5, 5.41) is 17.3. The van der Waals surface area contributed by atoms with Crippen LogP contribution < -0.4 is 10.2 Å². The van der Waals surface area contributed by atoms with Gasteiger partial charge >= 0.3 is 12.1 Å². The van der Waals surface area contributed by atoms with Gasteiger partial charge in [-0.05, 0) is 43.2 Å². The van der Waals surface area contributed by atoms with E-state index in [1.165, 1.54) is 29.2 Å². The first-order chi connectivity index (χ1) is 18.8. The first kappa shape index (κ1) is 27.4. The van der Waals surface area contributed by atoms with Gasteiger partial charge in [0.25, 0.3) is 5.91 Å². The summed E-state index contributed by atoms with van der Waals surface area (Å²) in [4.78, 5) is 53.1. The van der Waals surface area contributed by atoms with E-state index in [-0.39, 0.29) is 58.8 Å². The Morgan fingerprint density at radius 3 is 2.50 bits per heavy atom. The molecule has 1 saturated heterocycles. The van der Waals surface area contributed by atoms with Crippen molar-refractivity contribution in [2.75, 3.05) is 31.1 Å². The number of nitrogens with zero attached hydrogens (tertiary/aromatic N) is 3. The molecule has 2 aliphatic rings. The predicted octanol–water partition coefficient (Wildman–Crippen LogP) is 3.25. The highest BCUT2D eigenvalue weighted by atomic mass is 35.5. The molecule has 0 unspecified atom stereocenters. The Morgan fingerprint density at radius 2 is 1.85 bits per heavy atom. The fraction of sp³-hybridized carbons (Fsp3) is 0.320. The van der Waals surface area contributed by atoms with E-state index in [4.69, 9.17) is 11.6 Å². The topological polar surface area (TPSA) is 136 Å². The Morgan fingerprint density at radius 1 is 1.15 bits per heavy atom. The van der Waals surface area contributed by atoms with Crippen LogP contribution in [0.5, 0.6) is 0 Å². The van der Waals surface area contributed by atoms with Crippen molar-refractivity contribution in [3.63, 3.8) is 0 Å². The minimum absolute atomic E-state index is 0.00273. The summed E-state index contributed by atoms with van der Waals surface area (Å²) in [5.74, 6) is -4.20. The van der Waals surface area contributed by atoms with Crippen LogP contribution in [-0.4, -0.2) is 76.2 Å². The van der Waals surface area contributed by atoms with Gasteiger partial charge in [-0.15, -0.1) is 0 Å². The Labute approximate surface area is 227 Å². The molecule has 1 aromatic heterocycles. The zero-order valence-electron chi connectivity index (χ0n) is 20.4. The maximum Gasteiger partial charge on any atom is 0.405 e. The monoisotopic (exact) mass is 581 g/mol. The Balaban J connectivity index is 1.39. The molecule has 2 aromatic carbocycles. The number of likely N-dealkylation sites (tertiary alicyclic amines) is 1. The predicted molar refractivity (Wildman–Crippen MR) is 133 cm³/mol. The van der Waals surface area contributed by atoms with Crippen LogP contribution >= 0.6 is 11.6 Å². The first-order valence-corrected chi connectivity index (χ1v) is 12.3. The zero-order chi connectivity index (χ0) is 29.0. The molecule has 40 heavy (non-hydrogen) atoms. The number of anilines is 1. The van der Waals surface area contributed by atoms with Crippen molar-refractivity contribution in [3.05, 3.63) is 58.0 Å². The number of carboxylic acids is 1. The van der Waals surface area contributed by atoms with Crippen molar-refractivity contribution in [3.8, 4) is 0 Å². The number of benzene rings is 2. The van der Waals surface area contributed by atoms with Crippen LogP contribution in [0.4, 0.5) is 23.2 Å². The van der Waals surface area contributed by atoms with E-state index in [1.807, 2.05) is 0 Å². The van der Waals surface area contributed by atoms with E-state index in [2.05, 4.69) is 10.2 Å². The number of aromatic nitrogens is 2. The van der Waals surface area contributed by atoms with E-state index in [1.54, 1.807) is 5.32 Å². The SMILES string of the molecule is O=C(CN1C(=O)C2(CCN(C(=O)c3ccc4[nH]nc(C(=O)O)c4c3)CC2)c2c1ccc(F)c2Cl)NCC(F)(F)F. The third kappa shape index (κ3) is 4.61. The highest BCUT2D eigenvalue weighted by Crippen LogP contribution is 2.51. The molecular formula is C25H20ClF4N5O5. The van der Waals surface area contributed by atoms with Gasteiger partial charge in [0.05, 0.1) is 21.6 Å². The van der Waals surface area contributed by atoms with Crippen molar-refractivity contribution in [2.45, 2.75) is 24.4 Å². The number of carboxylic acid groups (broad SMARTS) is 1. The van der Waals surface area contributed by atoms with E-state index < -0.39 is 54.2 Å².